The van der Waals surface area contributed by atoms with Gasteiger partial charge in [-0.05, 0) is 81.8 Å². The number of carbonyl (C=O) groups is 1. The molecule has 35 heavy (non-hydrogen) atoms. The Bertz CT molecular complexity index is 895. The second-order valence-electron chi connectivity index (χ2n) is 9.57. The van der Waals surface area contributed by atoms with Crippen LogP contribution in [0.4, 0.5) is 0 Å². The Morgan fingerprint density at radius 2 is 1.80 bits per heavy atom. The number of nitrogens with zero attached hydrogens (tertiary/aromatic N) is 1. The number of hydrogen-bond acceptors (Lipinski definition) is 4. The predicted molar refractivity (Wildman–Crippen MR) is 146 cm³/mol. The van der Waals surface area contributed by atoms with Gasteiger partial charge in [0.25, 0.3) is 0 Å². The molecule has 2 aromatic rings. The highest BCUT2D eigenvalue weighted by Gasteiger charge is 2.18. The molecular formula is C30H44ClNO3. The van der Waals surface area contributed by atoms with Crippen LogP contribution in [0.5, 0.6) is 0 Å². The smallest absolute Gasteiger partial charge is 0.133 e. The molecule has 1 N–H and O–H groups in total. The van der Waals surface area contributed by atoms with Crippen molar-refractivity contribution in [3.8, 4) is 0 Å². The van der Waals surface area contributed by atoms with E-state index in [2.05, 4.69) is 36.9 Å². The molecule has 0 spiro atoms. The van der Waals surface area contributed by atoms with Crippen molar-refractivity contribution in [1.29, 1.82) is 0 Å². The minimum atomic E-state index is -0.446. The lowest BCUT2D eigenvalue weighted by atomic mass is 9.97. The number of aliphatic hydroxyl groups excluding tert-OH is 1. The van der Waals surface area contributed by atoms with Crippen LogP contribution in [0.25, 0.3) is 0 Å². The van der Waals surface area contributed by atoms with Gasteiger partial charge in [0.1, 0.15) is 5.78 Å². The second-order valence-corrected chi connectivity index (χ2v) is 9.98. The van der Waals surface area contributed by atoms with Gasteiger partial charge in [0.2, 0.25) is 0 Å². The number of carbonyl (C=O) groups excluding carboxylic acids is 1. The molecule has 5 heteroatoms. The van der Waals surface area contributed by atoms with Crippen molar-refractivity contribution in [2.45, 2.75) is 84.8 Å². The van der Waals surface area contributed by atoms with Crippen LogP contribution in [0.2, 0.25) is 5.02 Å². The molecule has 4 nitrogen and oxygen atoms in total. The van der Waals surface area contributed by atoms with Crippen LogP contribution in [0.3, 0.4) is 0 Å². The van der Waals surface area contributed by atoms with Gasteiger partial charge in [0.15, 0.2) is 0 Å². The molecular weight excluding hydrogens is 458 g/mol. The van der Waals surface area contributed by atoms with E-state index in [-0.39, 0.29) is 6.10 Å². The molecule has 2 unspecified atom stereocenters. The van der Waals surface area contributed by atoms with Crippen LogP contribution in [-0.2, 0) is 22.4 Å². The predicted octanol–water partition coefficient (Wildman–Crippen LogP) is 6.73. The van der Waals surface area contributed by atoms with Gasteiger partial charge in [-0.1, -0.05) is 67.4 Å². The molecule has 0 aromatic heterocycles. The third kappa shape index (κ3) is 10.8. The number of aryl methyl sites for hydroxylation is 3. The summed E-state index contributed by atoms with van der Waals surface area (Å²) in [6.45, 7) is 11.5. The summed E-state index contributed by atoms with van der Waals surface area (Å²) in [4.78, 5) is 14.1. The molecule has 1 aliphatic heterocycles. The fourth-order valence-corrected chi connectivity index (χ4v) is 4.72. The molecule has 0 saturated carbocycles. The molecule has 0 radical (unpaired) electrons. The van der Waals surface area contributed by atoms with Crippen LogP contribution in [0.15, 0.2) is 42.5 Å². The van der Waals surface area contributed by atoms with E-state index in [1.54, 1.807) is 0 Å². The highest BCUT2D eigenvalue weighted by Crippen LogP contribution is 2.23. The fraction of sp³-hybridized carbons (Fsp3) is 0.567. The number of β-amino-alcohol motifs (C(OH)–C–C–N with tert-alkyl or cyclic N) is 1. The summed E-state index contributed by atoms with van der Waals surface area (Å²) >= 11 is 5.90. The molecule has 1 heterocycles. The van der Waals surface area contributed by atoms with Gasteiger partial charge in [0, 0.05) is 24.4 Å². The van der Waals surface area contributed by atoms with Crippen molar-refractivity contribution >= 4 is 17.4 Å². The number of Topliss-reactive ketones (excluding diaryl/α,β-unsaturated/α-hetero) is 1. The van der Waals surface area contributed by atoms with Crippen molar-refractivity contribution in [1.82, 2.24) is 4.90 Å². The molecule has 0 bridgehead atoms. The van der Waals surface area contributed by atoms with Crippen LogP contribution >= 0.6 is 11.6 Å². The summed E-state index contributed by atoms with van der Waals surface area (Å²) < 4.78 is 5.93. The SMILES string of the molecule is CCCC(=O)CCc1ccccc1C(C)OCC(O)CN1CCCC1.CCc1cc(C)ccc1Cl. The van der Waals surface area contributed by atoms with Gasteiger partial charge in [-0.25, -0.2) is 0 Å². The summed E-state index contributed by atoms with van der Waals surface area (Å²) in [5.74, 6) is 0.326. The maximum Gasteiger partial charge on any atom is 0.133 e. The standard InChI is InChI=1S/C21H33NO3.C9H11Cl/c1-3-8-19(23)12-11-18-9-4-5-10-21(18)17(2)25-16-20(24)15-22-13-6-7-14-22;1-3-8-6-7(2)4-5-9(8)10/h4-5,9-10,17,20,24H,3,6-8,11-16H2,1-2H3;4-6H,3H2,1-2H3. The summed E-state index contributed by atoms with van der Waals surface area (Å²) in [5.41, 5.74) is 4.82. The van der Waals surface area contributed by atoms with Crippen LogP contribution in [0.1, 0.15) is 81.2 Å². The minimum Gasteiger partial charge on any atom is -0.389 e. The average Bonchev–Trinajstić information content (AvgIpc) is 3.36. The van der Waals surface area contributed by atoms with Crippen molar-refractivity contribution in [3.63, 3.8) is 0 Å². The van der Waals surface area contributed by atoms with Crippen molar-refractivity contribution < 1.29 is 14.6 Å². The van der Waals surface area contributed by atoms with Gasteiger partial charge in [-0.15, -0.1) is 0 Å². The Hall–Kier alpha value is -1.72. The maximum atomic E-state index is 11.8. The zero-order valence-electron chi connectivity index (χ0n) is 22.1. The number of rotatable bonds is 12. The van der Waals surface area contributed by atoms with E-state index in [1.807, 2.05) is 38.1 Å². The third-order valence-corrected chi connectivity index (χ3v) is 6.85. The number of halogens is 1. The summed E-state index contributed by atoms with van der Waals surface area (Å²) in [7, 11) is 0. The van der Waals surface area contributed by atoms with E-state index in [0.29, 0.717) is 31.8 Å². The van der Waals surface area contributed by atoms with E-state index in [9.17, 15) is 9.90 Å². The van der Waals surface area contributed by atoms with Crippen molar-refractivity contribution in [2.24, 2.45) is 0 Å². The number of ether oxygens (including phenoxy) is 1. The highest BCUT2D eigenvalue weighted by molar-refractivity contribution is 6.31. The number of likely N-dealkylation sites (tertiary alicyclic amines) is 1. The monoisotopic (exact) mass is 501 g/mol. The second kappa shape index (κ2) is 16.1. The molecule has 194 valence electrons. The van der Waals surface area contributed by atoms with E-state index in [4.69, 9.17) is 16.3 Å². The van der Waals surface area contributed by atoms with Crippen LogP contribution in [-0.4, -0.2) is 48.1 Å². The third-order valence-electron chi connectivity index (χ3n) is 6.48. The Balaban J connectivity index is 0.000000360. The first-order valence-electron chi connectivity index (χ1n) is 13.2. The normalized spacial score (nSPS) is 15.4. The van der Waals surface area contributed by atoms with E-state index < -0.39 is 6.10 Å². The summed E-state index contributed by atoms with van der Waals surface area (Å²) in [6, 6.07) is 14.3. The Morgan fingerprint density at radius 1 is 1.09 bits per heavy atom. The topological polar surface area (TPSA) is 49.8 Å². The molecule has 0 aliphatic carbocycles. The lowest BCUT2D eigenvalue weighted by molar-refractivity contribution is -0.119. The van der Waals surface area contributed by atoms with Gasteiger partial charge >= 0.3 is 0 Å². The first kappa shape index (κ1) is 29.5. The van der Waals surface area contributed by atoms with Crippen molar-refractivity contribution in [3.05, 3.63) is 69.7 Å². The van der Waals surface area contributed by atoms with Gasteiger partial charge in [0.05, 0.1) is 18.8 Å². The van der Waals surface area contributed by atoms with Crippen molar-refractivity contribution in [2.75, 3.05) is 26.2 Å². The Morgan fingerprint density at radius 3 is 2.46 bits per heavy atom. The number of benzene rings is 2. The minimum absolute atomic E-state index is 0.0781. The largest absolute Gasteiger partial charge is 0.389 e. The van der Waals surface area contributed by atoms with E-state index in [1.165, 1.54) is 29.5 Å². The van der Waals surface area contributed by atoms with E-state index >= 15 is 0 Å². The molecule has 0 amide bonds. The maximum absolute atomic E-state index is 11.8. The molecule has 2 atom stereocenters. The zero-order valence-corrected chi connectivity index (χ0v) is 22.8. The fourth-order valence-electron chi connectivity index (χ4n) is 4.47. The van der Waals surface area contributed by atoms with Gasteiger partial charge in [-0.2, -0.15) is 0 Å². The molecule has 3 rings (SSSR count). The quantitative estimate of drug-likeness (QED) is 0.350. The number of ketones is 1. The van der Waals surface area contributed by atoms with E-state index in [0.717, 1.165) is 42.9 Å². The van der Waals surface area contributed by atoms with Gasteiger partial charge < -0.3 is 14.7 Å². The molecule has 1 fully saturated rings. The molecule has 1 saturated heterocycles. The summed E-state index contributed by atoms with van der Waals surface area (Å²) in [6.07, 6.45) is 5.88. The highest BCUT2D eigenvalue weighted by atomic mass is 35.5. The van der Waals surface area contributed by atoms with Crippen LogP contribution in [0, 0.1) is 6.92 Å². The first-order chi connectivity index (χ1) is 16.8. The Kier molecular flexibility index (Phi) is 13.6. The molecule has 1 aliphatic rings. The molecule has 2 aromatic carbocycles. The Labute approximate surface area is 217 Å². The number of hydrogen-bond donors (Lipinski definition) is 1. The lowest BCUT2D eigenvalue weighted by Crippen LogP contribution is -2.33. The average molecular weight is 502 g/mol. The number of aliphatic hydroxyl groups is 1. The lowest BCUT2D eigenvalue weighted by Gasteiger charge is -2.22. The van der Waals surface area contributed by atoms with Crippen LogP contribution < -0.4 is 0 Å². The summed E-state index contributed by atoms with van der Waals surface area (Å²) in [5, 5.41) is 11.1. The zero-order chi connectivity index (χ0) is 25.6. The van der Waals surface area contributed by atoms with Gasteiger partial charge in [-0.3, -0.25) is 4.79 Å². The first-order valence-corrected chi connectivity index (χ1v) is 13.6.